The standard InChI is InChI=1S/C23H19N2Si.C13H24O2.Ir/c1-26(2,3)22-10-6-9-21-20(22)11-12-25-23(21)17-13-16-7-4-5-8-19(16)18(14-17)15-24;1-7-12(3,4)10(14)9-11(15)13(5,6)8-2;/h4-12,14H,1-3H3;9,14H,7-8H2,1-6H3;/q-1;;/b;10-9-;. The summed E-state index contributed by atoms with van der Waals surface area (Å²) in [7, 11) is -1.47. The Bertz CT molecular complexity index is 1640. The van der Waals surface area contributed by atoms with Gasteiger partial charge < -0.3 is 5.11 Å². The van der Waals surface area contributed by atoms with Crippen molar-refractivity contribution in [1.29, 1.82) is 5.26 Å². The van der Waals surface area contributed by atoms with E-state index in [1.807, 2.05) is 78.1 Å². The molecule has 223 valence electrons. The van der Waals surface area contributed by atoms with Crippen molar-refractivity contribution >= 4 is 40.6 Å². The number of allylic oxidation sites excluding steroid dienone is 2. The summed E-state index contributed by atoms with van der Waals surface area (Å²) in [4.78, 5) is 16.5. The average molecular weight is 756 g/mol. The molecule has 0 amide bonds. The molecule has 0 aliphatic carbocycles. The molecule has 1 radical (unpaired) electrons. The van der Waals surface area contributed by atoms with E-state index in [0.717, 1.165) is 40.3 Å². The van der Waals surface area contributed by atoms with Crippen LogP contribution in [-0.4, -0.2) is 23.9 Å². The van der Waals surface area contributed by atoms with E-state index in [2.05, 4.69) is 61.0 Å². The van der Waals surface area contributed by atoms with Crippen LogP contribution in [0.4, 0.5) is 0 Å². The molecule has 0 bridgehead atoms. The van der Waals surface area contributed by atoms with E-state index in [4.69, 9.17) is 0 Å². The van der Waals surface area contributed by atoms with E-state index in [9.17, 15) is 15.2 Å². The molecule has 0 aliphatic rings. The molecule has 3 aromatic carbocycles. The average Bonchev–Trinajstić information content (AvgIpc) is 2.95. The maximum absolute atomic E-state index is 11.8. The van der Waals surface area contributed by atoms with Gasteiger partial charge in [0.2, 0.25) is 0 Å². The van der Waals surface area contributed by atoms with Gasteiger partial charge in [-0.1, -0.05) is 114 Å². The normalized spacial score (nSPS) is 12.2. The Kier molecular flexibility index (Phi) is 11.6. The van der Waals surface area contributed by atoms with E-state index in [1.54, 1.807) is 0 Å². The minimum atomic E-state index is -1.47. The van der Waals surface area contributed by atoms with Crippen LogP contribution in [0.1, 0.15) is 59.9 Å². The zero-order valence-corrected chi connectivity index (χ0v) is 29.7. The Morgan fingerprint density at radius 3 is 2.17 bits per heavy atom. The third kappa shape index (κ3) is 7.84. The van der Waals surface area contributed by atoms with Crippen LogP contribution >= 0.6 is 0 Å². The summed E-state index contributed by atoms with van der Waals surface area (Å²) in [6, 6.07) is 24.2. The minimum Gasteiger partial charge on any atom is -0.512 e. The van der Waals surface area contributed by atoms with Gasteiger partial charge in [-0.25, -0.2) is 0 Å². The van der Waals surface area contributed by atoms with Gasteiger partial charge in [0.15, 0.2) is 5.78 Å². The van der Waals surface area contributed by atoms with Crippen molar-refractivity contribution in [1.82, 2.24) is 4.98 Å². The van der Waals surface area contributed by atoms with Gasteiger partial charge in [-0.3, -0.25) is 9.78 Å². The molecule has 0 aliphatic heterocycles. The van der Waals surface area contributed by atoms with E-state index < -0.39 is 8.07 Å². The number of ketones is 1. The zero-order valence-electron chi connectivity index (χ0n) is 26.3. The number of benzene rings is 3. The number of aromatic nitrogens is 1. The molecule has 4 aromatic rings. The topological polar surface area (TPSA) is 74.0 Å². The van der Waals surface area contributed by atoms with Crippen molar-refractivity contribution in [3.63, 3.8) is 0 Å². The summed E-state index contributed by atoms with van der Waals surface area (Å²) in [6.07, 6.45) is 4.86. The number of aliphatic hydroxyl groups excluding tert-OH is 1. The number of pyridine rings is 1. The molecule has 4 nitrogen and oxygen atoms in total. The molecule has 42 heavy (non-hydrogen) atoms. The third-order valence-corrected chi connectivity index (χ3v) is 10.2. The van der Waals surface area contributed by atoms with E-state index in [1.165, 1.54) is 16.6 Å². The number of carbonyl (C=O) groups is 1. The molecular weight excluding hydrogens is 713 g/mol. The maximum Gasteiger partial charge on any atom is 0.164 e. The SMILES string of the molecule is CCC(C)(C)C(=O)/C=C(\O)C(C)(C)CC.C[Si](C)(C)c1cccc2c(-c3[c-]c4ccccc4c(C#N)c3)nccc12.[Ir]. The quantitative estimate of drug-likeness (QED) is 0.0884. The van der Waals surface area contributed by atoms with Crippen molar-refractivity contribution in [3.8, 4) is 17.3 Å². The van der Waals surface area contributed by atoms with Crippen LogP contribution in [0.25, 0.3) is 32.8 Å². The summed E-state index contributed by atoms with van der Waals surface area (Å²) >= 11 is 0. The minimum absolute atomic E-state index is 0. The Labute approximate surface area is 266 Å². The molecule has 4 rings (SSSR count). The fourth-order valence-corrected chi connectivity index (χ4v) is 6.02. The summed E-state index contributed by atoms with van der Waals surface area (Å²) in [5.74, 6) is 0.195. The summed E-state index contributed by atoms with van der Waals surface area (Å²) in [6.45, 7) is 18.7. The van der Waals surface area contributed by atoms with Gasteiger partial charge in [-0.05, 0) is 35.2 Å². The van der Waals surface area contributed by atoms with E-state index >= 15 is 0 Å². The van der Waals surface area contributed by atoms with Gasteiger partial charge in [-0.15, -0.1) is 23.6 Å². The second kappa shape index (κ2) is 13.9. The molecule has 1 aromatic heterocycles. The van der Waals surface area contributed by atoms with Gasteiger partial charge in [0.05, 0.1) is 14.1 Å². The predicted molar refractivity (Wildman–Crippen MR) is 175 cm³/mol. The van der Waals surface area contributed by atoms with Gasteiger partial charge in [0, 0.05) is 48.9 Å². The molecule has 0 unspecified atom stereocenters. The van der Waals surface area contributed by atoms with Gasteiger partial charge >= 0.3 is 0 Å². The first kappa shape index (κ1) is 35.1. The van der Waals surface area contributed by atoms with Crippen LogP contribution < -0.4 is 5.19 Å². The van der Waals surface area contributed by atoms with Crippen LogP contribution in [0, 0.1) is 28.2 Å². The molecule has 0 saturated heterocycles. The van der Waals surface area contributed by atoms with Crippen LogP contribution in [-0.2, 0) is 24.9 Å². The van der Waals surface area contributed by atoms with Crippen LogP contribution in [0.5, 0.6) is 0 Å². The predicted octanol–water partition coefficient (Wildman–Crippen LogP) is 9.14. The zero-order chi connectivity index (χ0) is 30.6. The molecule has 0 atom stereocenters. The third-order valence-electron chi connectivity index (χ3n) is 8.16. The number of carbonyl (C=O) groups excluding carboxylic acids is 1. The van der Waals surface area contributed by atoms with Gasteiger partial charge in [-0.2, -0.15) is 5.26 Å². The fourth-order valence-electron chi connectivity index (χ4n) is 4.40. The first-order valence-electron chi connectivity index (χ1n) is 14.4. The van der Waals surface area contributed by atoms with Crippen LogP contribution in [0.3, 0.4) is 0 Å². The largest absolute Gasteiger partial charge is 0.512 e. The number of fused-ring (bicyclic) bond motifs is 2. The fraction of sp³-hybridized carbons (Fsp3) is 0.361. The monoisotopic (exact) mass is 756 g/mol. The molecule has 0 saturated carbocycles. The Morgan fingerprint density at radius 2 is 1.57 bits per heavy atom. The molecular formula is C36H43IrN2O2Si-. The van der Waals surface area contributed by atoms with E-state index in [0.29, 0.717) is 5.56 Å². The molecule has 0 spiro atoms. The second-order valence-corrected chi connectivity index (χ2v) is 18.0. The van der Waals surface area contributed by atoms with Crippen molar-refractivity contribution in [2.75, 3.05) is 0 Å². The number of rotatable bonds is 7. The maximum atomic E-state index is 11.8. The number of hydrogen-bond acceptors (Lipinski definition) is 4. The Morgan fingerprint density at radius 1 is 0.952 bits per heavy atom. The van der Waals surface area contributed by atoms with Crippen molar-refractivity contribution < 1.29 is 30.0 Å². The summed E-state index contributed by atoms with van der Waals surface area (Å²) in [5.41, 5.74) is 1.75. The Hall–Kier alpha value is -3.10. The number of nitriles is 1. The van der Waals surface area contributed by atoms with Crippen LogP contribution in [0.2, 0.25) is 19.6 Å². The smallest absolute Gasteiger partial charge is 0.164 e. The second-order valence-electron chi connectivity index (χ2n) is 12.9. The number of aliphatic hydroxyl groups is 1. The number of nitrogens with zero attached hydrogens (tertiary/aromatic N) is 2. The van der Waals surface area contributed by atoms with Crippen molar-refractivity contribution in [3.05, 3.63) is 84.3 Å². The first-order chi connectivity index (χ1) is 19.2. The van der Waals surface area contributed by atoms with Gasteiger partial charge in [0.25, 0.3) is 0 Å². The molecule has 1 heterocycles. The van der Waals surface area contributed by atoms with E-state index in [-0.39, 0.29) is 42.5 Å². The summed E-state index contributed by atoms with van der Waals surface area (Å²) < 4.78 is 0. The molecule has 1 N–H and O–H groups in total. The number of hydrogen-bond donors (Lipinski definition) is 1. The summed E-state index contributed by atoms with van der Waals surface area (Å²) in [5, 5.41) is 25.1. The van der Waals surface area contributed by atoms with Crippen molar-refractivity contribution in [2.24, 2.45) is 10.8 Å². The van der Waals surface area contributed by atoms with Crippen LogP contribution in [0.15, 0.2) is 72.6 Å². The van der Waals surface area contributed by atoms with Crippen molar-refractivity contribution in [2.45, 2.75) is 74.0 Å². The van der Waals surface area contributed by atoms with Gasteiger partial charge in [0.1, 0.15) is 5.76 Å². The Balaban J connectivity index is 0.000000334. The molecule has 6 heteroatoms. The molecule has 0 fully saturated rings. The first-order valence-corrected chi connectivity index (χ1v) is 17.9.